The second-order valence-corrected chi connectivity index (χ2v) is 6.95. The summed E-state index contributed by atoms with van der Waals surface area (Å²) in [4.78, 5) is 24.1. The maximum absolute atomic E-state index is 12.1. The largest absolute Gasteiger partial charge is 0.393 e. The van der Waals surface area contributed by atoms with Crippen LogP contribution in [0.15, 0.2) is 30.3 Å². The monoisotopic (exact) mass is 332 g/mol. The van der Waals surface area contributed by atoms with Gasteiger partial charge in [-0.3, -0.25) is 9.59 Å². The molecule has 1 fully saturated rings. The SMILES string of the molecule is NC(=O)[C@@H](C[C@@H](O)CCc1ccccc1)C1(C(N)=O)CCCCC1. The first-order chi connectivity index (χ1) is 11.5. The normalized spacial score (nSPS) is 19.4. The molecule has 2 amide bonds. The van der Waals surface area contributed by atoms with Crippen molar-refractivity contribution in [3.8, 4) is 0 Å². The van der Waals surface area contributed by atoms with Crippen LogP contribution in [0.1, 0.15) is 50.5 Å². The first-order valence-corrected chi connectivity index (χ1v) is 8.77. The van der Waals surface area contributed by atoms with Crippen LogP contribution in [-0.2, 0) is 16.0 Å². The van der Waals surface area contributed by atoms with Gasteiger partial charge in [0, 0.05) is 0 Å². The average molecular weight is 332 g/mol. The van der Waals surface area contributed by atoms with E-state index in [0.717, 1.165) is 31.2 Å². The van der Waals surface area contributed by atoms with Crippen molar-refractivity contribution in [2.45, 2.75) is 57.5 Å². The minimum atomic E-state index is -0.891. The minimum absolute atomic E-state index is 0.200. The number of aliphatic hydroxyl groups excluding tert-OH is 1. The molecule has 0 unspecified atom stereocenters. The molecule has 1 aromatic rings. The second-order valence-electron chi connectivity index (χ2n) is 6.95. The summed E-state index contributed by atoms with van der Waals surface area (Å²) in [7, 11) is 0. The molecule has 24 heavy (non-hydrogen) atoms. The molecule has 0 aliphatic heterocycles. The number of aliphatic hydroxyl groups is 1. The Morgan fingerprint density at radius 1 is 1.08 bits per heavy atom. The van der Waals surface area contributed by atoms with Crippen LogP contribution in [-0.4, -0.2) is 23.0 Å². The van der Waals surface area contributed by atoms with E-state index >= 15 is 0 Å². The molecule has 0 heterocycles. The van der Waals surface area contributed by atoms with Crippen LogP contribution in [0.4, 0.5) is 0 Å². The van der Waals surface area contributed by atoms with Gasteiger partial charge in [0.15, 0.2) is 0 Å². The van der Waals surface area contributed by atoms with Crippen molar-refractivity contribution in [1.82, 2.24) is 0 Å². The Hall–Kier alpha value is -1.88. The fraction of sp³-hybridized carbons (Fsp3) is 0.579. The zero-order valence-electron chi connectivity index (χ0n) is 14.1. The molecule has 2 atom stereocenters. The van der Waals surface area contributed by atoms with Gasteiger partial charge < -0.3 is 16.6 Å². The molecule has 2 rings (SSSR count). The summed E-state index contributed by atoms with van der Waals surface area (Å²) in [6.45, 7) is 0. The second kappa shape index (κ2) is 8.29. The molecule has 1 aliphatic rings. The Balaban J connectivity index is 2.04. The van der Waals surface area contributed by atoms with E-state index in [1.165, 1.54) is 0 Å². The Bertz CT molecular complexity index is 553. The molecular weight excluding hydrogens is 304 g/mol. The highest BCUT2D eigenvalue weighted by molar-refractivity contribution is 5.89. The minimum Gasteiger partial charge on any atom is -0.393 e. The summed E-state index contributed by atoms with van der Waals surface area (Å²) < 4.78 is 0. The number of amides is 2. The summed E-state index contributed by atoms with van der Waals surface area (Å²) in [5.41, 5.74) is 11.5. The molecule has 0 saturated heterocycles. The van der Waals surface area contributed by atoms with Crippen molar-refractivity contribution >= 4 is 11.8 Å². The maximum Gasteiger partial charge on any atom is 0.224 e. The Labute approximate surface area is 143 Å². The standard InChI is InChI=1S/C19H28N2O3/c20-17(23)16(19(18(21)24)11-5-2-6-12-19)13-15(22)10-9-14-7-3-1-4-8-14/h1,3-4,7-8,15-16,22H,2,5-6,9-13H2,(H2,20,23)(H2,21,24)/t15-,16+/m0/s1. The van der Waals surface area contributed by atoms with Crippen LogP contribution >= 0.6 is 0 Å². The maximum atomic E-state index is 12.1. The topological polar surface area (TPSA) is 106 Å². The fourth-order valence-electron chi connectivity index (χ4n) is 3.93. The Morgan fingerprint density at radius 2 is 1.71 bits per heavy atom. The number of benzene rings is 1. The van der Waals surface area contributed by atoms with Gasteiger partial charge in [-0.05, 0) is 37.7 Å². The number of rotatable bonds is 8. The summed E-state index contributed by atoms with van der Waals surface area (Å²) in [6, 6.07) is 9.87. The van der Waals surface area contributed by atoms with Crippen LogP contribution in [0.5, 0.6) is 0 Å². The van der Waals surface area contributed by atoms with Crippen molar-refractivity contribution in [3.63, 3.8) is 0 Å². The number of aryl methyl sites for hydroxylation is 1. The van der Waals surface area contributed by atoms with Crippen LogP contribution in [0, 0.1) is 11.3 Å². The van der Waals surface area contributed by atoms with E-state index in [-0.39, 0.29) is 6.42 Å². The van der Waals surface area contributed by atoms with Crippen LogP contribution in [0.25, 0.3) is 0 Å². The molecular formula is C19H28N2O3. The summed E-state index contributed by atoms with van der Waals surface area (Å²) in [5, 5.41) is 10.4. The van der Waals surface area contributed by atoms with E-state index in [1.807, 2.05) is 30.3 Å². The van der Waals surface area contributed by atoms with Crippen molar-refractivity contribution in [3.05, 3.63) is 35.9 Å². The number of primary amides is 2. The van der Waals surface area contributed by atoms with Gasteiger partial charge in [0.1, 0.15) is 0 Å². The molecule has 1 aliphatic carbocycles. The van der Waals surface area contributed by atoms with E-state index in [9.17, 15) is 14.7 Å². The predicted molar refractivity (Wildman–Crippen MR) is 92.8 cm³/mol. The van der Waals surface area contributed by atoms with E-state index in [4.69, 9.17) is 11.5 Å². The van der Waals surface area contributed by atoms with Gasteiger partial charge in [0.2, 0.25) is 11.8 Å². The molecule has 1 aromatic carbocycles. The van der Waals surface area contributed by atoms with Crippen molar-refractivity contribution in [2.75, 3.05) is 0 Å². The molecule has 0 radical (unpaired) electrons. The van der Waals surface area contributed by atoms with Gasteiger partial charge in [-0.15, -0.1) is 0 Å². The predicted octanol–water partition coefficient (Wildman–Crippen LogP) is 1.91. The van der Waals surface area contributed by atoms with Crippen molar-refractivity contribution < 1.29 is 14.7 Å². The number of nitrogens with two attached hydrogens (primary N) is 2. The third-order valence-electron chi connectivity index (χ3n) is 5.36. The molecule has 5 nitrogen and oxygen atoms in total. The number of hydrogen-bond donors (Lipinski definition) is 3. The molecule has 1 saturated carbocycles. The number of carbonyl (C=O) groups is 2. The highest BCUT2D eigenvalue weighted by atomic mass is 16.3. The summed E-state index contributed by atoms with van der Waals surface area (Å²) in [5.74, 6) is -1.68. The van der Waals surface area contributed by atoms with E-state index in [0.29, 0.717) is 19.3 Å². The fourth-order valence-corrected chi connectivity index (χ4v) is 3.93. The lowest BCUT2D eigenvalue weighted by Crippen LogP contribution is -2.50. The summed E-state index contributed by atoms with van der Waals surface area (Å²) >= 11 is 0. The third kappa shape index (κ3) is 4.35. The smallest absolute Gasteiger partial charge is 0.224 e. The molecule has 0 bridgehead atoms. The van der Waals surface area contributed by atoms with E-state index in [1.54, 1.807) is 0 Å². The molecule has 0 aromatic heterocycles. The van der Waals surface area contributed by atoms with E-state index < -0.39 is 29.3 Å². The lowest BCUT2D eigenvalue weighted by molar-refractivity contribution is -0.143. The first kappa shape index (κ1) is 18.5. The Kier molecular flexibility index (Phi) is 6.37. The van der Waals surface area contributed by atoms with Crippen LogP contribution in [0.3, 0.4) is 0 Å². The van der Waals surface area contributed by atoms with Gasteiger partial charge in [0.25, 0.3) is 0 Å². The summed E-state index contributed by atoms with van der Waals surface area (Å²) in [6.07, 6.45) is 4.71. The van der Waals surface area contributed by atoms with Crippen LogP contribution in [0.2, 0.25) is 0 Å². The van der Waals surface area contributed by atoms with Crippen LogP contribution < -0.4 is 11.5 Å². The third-order valence-corrected chi connectivity index (χ3v) is 5.36. The quantitative estimate of drug-likeness (QED) is 0.677. The molecule has 0 spiro atoms. The highest BCUT2D eigenvalue weighted by Crippen LogP contribution is 2.44. The zero-order valence-corrected chi connectivity index (χ0v) is 14.1. The van der Waals surface area contributed by atoms with Gasteiger partial charge in [-0.2, -0.15) is 0 Å². The Morgan fingerprint density at radius 3 is 2.25 bits per heavy atom. The lowest BCUT2D eigenvalue weighted by Gasteiger charge is -2.40. The zero-order chi connectivity index (χ0) is 17.6. The van der Waals surface area contributed by atoms with Gasteiger partial charge in [-0.25, -0.2) is 0 Å². The number of carbonyl (C=O) groups excluding carboxylic acids is 2. The van der Waals surface area contributed by atoms with Gasteiger partial charge in [-0.1, -0.05) is 49.6 Å². The van der Waals surface area contributed by atoms with E-state index in [2.05, 4.69) is 0 Å². The number of hydrogen-bond acceptors (Lipinski definition) is 3. The average Bonchev–Trinajstić information content (AvgIpc) is 2.59. The van der Waals surface area contributed by atoms with Gasteiger partial charge in [0.05, 0.1) is 17.4 Å². The highest BCUT2D eigenvalue weighted by Gasteiger charge is 2.48. The van der Waals surface area contributed by atoms with Crippen molar-refractivity contribution in [1.29, 1.82) is 0 Å². The molecule has 132 valence electrons. The molecule has 5 N–H and O–H groups in total. The lowest BCUT2D eigenvalue weighted by atomic mass is 9.63. The molecule has 5 heteroatoms. The van der Waals surface area contributed by atoms with Crippen molar-refractivity contribution in [2.24, 2.45) is 22.8 Å². The van der Waals surface area contributed by atoms with Gasteiger partial charge >= 0.3 is 0 Å². The first-order valence-electron chi connectivity index (χ1n) is 8.77.